The van der Waals surface area contributed by atoms with Crippen LogP contribution in [0.15, 0.2) is 35.3 Å². The second kappa shape index (κ2) is 12.9. The molecular weight excluding hydrogens is 427 g/mol. The number of guanidine groups is 1. The first-order valence-electron chi connectivity index (χ1n) is 11.0. The van der Waals surface area contributed by atoms with Gasteiger partial charge in [0.05, 0.1) is 6.04 Å². The van der Waals surface area contributed by atoms with Gasteiger partial charge in [0.1, 0.15) is 6.04 Å². The molecule has 1 fully saturated rings. The van der Waals surface area contributed by atoms with Gasteiger partial charge in [-0.2, -0.15) is 0 Å². The predicted octanol–water partition coefficient (Wildman–Crippen LogP) is -1.72. The van der Waals surface area contributed by atoms with E-state index in [4.69, 9.17) is 11.5 Å². The van der Waals surface area contributed by atoms with Gasteiger partial charge in [-0.25, -0.2) is 0 Å². The molecule has 3 unspecified atom stereocenters. The molecule has 1 saturated heterocycles. The molecular formula is C21H33BN6O5. The minimum Gasteiger partial charge on any atom is -0.426 e. The number of benzene rings is 1. The van der Waals surface area contributed by atoms with Crippen LogP contribution in [-0.2, 0) is 20.8 Å². The lowest BCUT2D eigenvalue weighted by atomic mass is 9.75. The molecule has 0 saturated carbocycles. The zero-order chi connectivity index (χ0) is 24.4. The van der Waals surface area contributed by atoms with Crippen LogP contribution in [0.5, 0.6) is 0 Å². The molecule has 3 atom stereocenters. The number of carbonyl (C=O) groups excluding carboxylic acids is 3. The number of aliphatic imine (C=N–C) groups is 1. The Morgan fingerprint density at radius 1 is 1.24 bits per heavy atom. The Labute approximate surface area is 193 Å². The summed E-state index contributed by atoms with van der Waals surface area (Å²) in [4.78, 5) is 43.0. The summed E-state index contributed by atoms with van der Waals surface area (Å²) >= 11 is 0. The molecule has 33 heavy (non-hydrogen) atoms. The number of hydrogen-bond donors (Lipinski definition) is 6. The van der Waals surface area contributed by atoms with Gasteiger partial charge in [0, 0.05) is 25.8 Å². The summed E-state index contributed by atoms with van der Waals surface area (Å²) in [5.74, 6) is -2.28. The van der Waals surface area contributed by atoms with Crippen LogP contribution in [0.4, 0.5) is 0 Å². The van der Waals surface area contributed by atoms with E-state index in [0.717, 1.165) is 5.56 Å². The molecule has 3 amide bonds. The summed E-state index contributed by atoms with van der Waals surface area (Å²) in [5, 5.41) is 24.8. The first kappa shape index (κ1) is 26.3. The average molecular weight is 460 g/mol. The molecule has 11 nitrogen and oxygen atoms in total. The fourth-order valence-corrected chi connectivity index (χ4v) is 4.06. The van der Waals surface area contributed by atoms with Crippen molar-refractivity contribution in [3.8, 4) is 0 Å². The molecule has 2 rings (SSSR count). The smallest absolute Gasteiger partial charge is 0.426 e. The average Bonchev–Trinajstić information content (AvgIpc) is 3.22. The predicted molar refractivity (Wildman–Crippen MR) is 125 cm³/mol. The fourth-order valence-electron chi connectivity index (χ4n) is 4.06. The maximum atomic E-state index is 13.0. The Balaban J connectivity index is 2.04. The molecule has 0 bridgehead atoms. The summed E-state index contributed by atoms with van der Waals surface area (Å²) in [6.07, 6.45) is 2.22. The Morgan fingerprint density at radius 2 is 1.94 bits per heavy atom. The molecule has 0 aliphatic carbocycles. The van der Waals surface area contributed by atoms with Crippen molar-refractivity contribution in [2.24, 2.45) is 16.5 Å². The van der Waals surface area contributed by atoms with Gasteiger partial charge in [-0.15, -0.1) is 0 Å². The number of nitrogens with zero attached hydrogens (tertiary/aromatic N) is 2. The number of amides is 3. The van der Waals surface area contributed by atoms with Crippen LogP contribution < -0.4 is 22.1 Å². The third-order valence-corrected chi connectivity index (χ3v) is 5.54. The molecule has 1 heterocycles. The lowest BCUT2D eigenvalue weighted by molar-refractivity contribution is -0.136. The summed E-state index contributed by atoms with van der Waals surface area (Å²) in [7, 11) is -1.67. The van der Waals surface area contributed by atoms with E-state index in [9.17, 15) is 24.4 Å². The molecule has 180 valence electrons. The quantitative estimate of drug-likeness (QED) is 0.0975. The maximum Gasteiger partial charge on any atom is 0.469 e. The van der Waals surface area contributed by atoms with Gasteiger partial charge in [0.25, 0.3) is 0 Å². The Kier molecular flexibility index (Phi) is 10.3. The van der Waals surface area contributed by atoms with E-state index < -0.39 is 37.0 Å². The van der Waals surface area contributed by atoms with Gasteiger partial charge in [-0.05, 0) is 37.8 Å². The van der Waals surface area contributed by atoms with Crippen molar-refractivity contribution in [1.29, 1.82) is 0 Å². The van der Waals surface area contributed by atoms with Crippen LogP contribution in [0.2, 0.25) is 0 Å². The highest BCUT2D eigenvalue weighted by molar-refractivity contribution is 6.43. The van der Waals surface area contributed by atoms with Gasteiger partial charge in [-0.1, -0.05) is 30.3 Å². The summed E-state index contributed by atoms with van der Waals surface area (Å²) in [6, 6.07) is 7.55. The van der Waals surface area contributed by atoms with Crippen molar-refractivity contribution >= 4 is 30.8 Å². The summed E-state index contributed by atoms with van der Waals surface area (Å²) < 4.78 is 0. The lowest BCUT2D eigenvalue weighted by Gasteiger charge is -2.32. The van der Waals surface area contributed by atoms with Crippen LogP contribution >= 0.6 is 0 Å². The van der Waals surface area contributed by atoms with E-state index in [0.29, 0.717) is 38.8 Å². The maximum absolute atomic E-state index is 13.0. The number of nitrogens with two attached hydrogens (primary N) is 2. The molecule has 1 aliphatic rings. The van der Waals surface area contributed by atoms with Crippen molar-refractivity contribution in [2.45, 2.75) is 57.1 Å². The highest BCUT2D eigenvalue weighted by Crippen LogP contribution is 2.23. The molecule has 1 aromatic carbocycles. The molecule has 1 aromatic rings. The number of carbonyl (C=O) groups is 3. The number of imide groups is 1. The van der Waals surface area contributed by atoms with Gasteiger partial charge in [-0.3, -0.25) is 29.6 Å². The van der Waals surface area contributed by atoms with Crippen molar-refractivity contribution in [2.75, 3.05) is 13.1 Å². The van der Waals surface area contributed by atoms with E-state index >= 15 is 0 Å². The SMILES string of the molecule is CC(=O)NC(Cc1ccccc1)C(=O)NC(=O)C1CCCN1C(CCCN=C(N)N)B(O)O. The van der Waals surface area contributed by atoms with Crippen LogP contribution in [0.1, 0.15) is 38.2 Å². The van der Waals surface area contributed by atoms with Crippen molar-refractivity contribution in [3.63, 3.8) is 0 Å². The standard InChI is InChI=1S/C21H33BN6O5/c1-14(29)26-16(13-15-7-3-2-4-8-15)19(30)27-20(31)17-9-6-12-28(17)18(22(32)33)10-5-11-25-21(23)24/h2-4,7-8,16-18,32-33H,5-6,9-13H2,1H3,(H,26,29)(H4,23,24,25)(H,27,30,31). The summed E-state index contributed by atoms with van der Waals surface area (Å²) in [6.45, 7) is 2.12. The Morgan fingerprint density at radius 3 is 2.55 bits per heavy atom. The number of likely N-dealkylation sites (tertiary alicyclic amines) is 1. The van der Waals surface area contributed by atoms with E-state index in [1.54, 1.807) is 4.90 Å². The second-order valence-electron chi connectivity index (χ2n) is 8.12. The van der Waals surface area contributed by atoms with Crippen molar-refractivity contribution < 1.29 is 24.4 Å². The Bertz CT molecular complexity index is 834. The summed E-state index contributed by atoms with van der Waals surface area (Å²) in [5.41, 5.74) is 11.5. The lowest BCUT2D eigenvalue weighted by Crippen LogP contribution is -2.56. The van der Waals surface area contributed by atoms with Gasteiger partial charge in [0.15, 0.2) is 5.96 Å². The third kappa shape index (κ3) is 8.48. The van der Waals surface area contributed by atoms with Crippen LogP contribution in [0, 0.1) is 0 Å². The number of hydrogen-bond acceptors (Lipinski definition) is 7. The van der Waals surface area contributed by atoms with Gasteiger partial charge in [0.2, 0.25) is 17.7 Å². The molecule has 12 heteroatoms. The molecule has 1 aliphatic heterocycles. The monoisotopic (exact) mass is 460 g/mol. The zero-order valence-electron chi connectivity index (χ0n) is 18.8. The topological polar surface area (TPSA) is 183 Å². The normalized spacial score (nSPS) is 17.6. The van der Waals surface area contributed by atoms with E-state index in [-0.39, 0.29) is 18.3 Å². The number of nitrogens with one attached hydrogen (secondary N) is 2. The minimum absolute atomic E-state index is 0.0442. The fraction of sp³-hybridized carbons (Fsp3) is 0.524. The van der Waals surface area contributed by atoms with E-state index in [2.05, 4.69) is 15.6 Å². The molecule has 0 aromatic heterocycles. The minimum atomic E-state index is -1.67. The number of rotatable bonds is 11. The van der Waals surface area contributed by atoms with Crippen LogP contribution in [-0.4, -0.2) is 76.9 Å². The third-order valence-electron chi connectivity index (χ3n) is 5.54. The second-order valence-corrected chi connectivity index (χ2v) is 8.12. The van der Waals surface area contributed by atoms with E-state index in [1.165, 1.54) is 6.92 Å². The first-order valence-corrected chi connectivity index (χ1v) is 11.0. The van der Waals surface area contributed by atoms with Crippen molar-refractivity contribution in [1.82, 2.24) is 15.5 Å². The van der Waals surface area contributed by atoms with Gasteiger partial charge >= 0.3 is 7.12 Å². The molecule has 8 N–H and O–H groups in total. The highest BCUT2D eigenvalue weighted by Gasteiger charge is 2.40. The Hall–Kier alpha value is -2.96. The van der Waals surface area contributed by atoms with Gasteiger partial charge < -0.3 is 26.8 Å². The first-order chi connectivity index (χ1) is 15.7. The largest absolute Gasteiger partial charge is 0.469 e. The molecule has 0 radical (unpaired) electrons. The van der Waals surface area contributed by atoms with Crippen LogP contribution in [0.3, 0.4) is 0 Å². The van der Waals surface area contributed by atoms with Crippen molar-refractivity contribution in [3.05, 3.63) is 35.9 Å². The highest BCUT2D eigenvalue weighted by atomic mass is 16.4. The van der Waals surface area contributed by atoms with Crippen LogP contribution in [0.25, 0.3) is 0 Å². The zero-order valence-corrected chi connectivity index (χ0v) is 18.8. The molecule has 0 spiro atoms. The van der Waals surface area contributed by atoms with E-state index in [1.807, 2.05) is 30.3 Å².